The topological polar surface area (TPSA) is 110 Å². The van der Waals surface area contributed by atoms with Gasteiger partial charge in [0.2, 0.25) is 5.91 Å². The van der Waals surface area contributed by atoms with Crippen LogP contribution in [0.2, 0.25) is 0 Å². The Morgan fingerprint density at radius 1 is 1.10 bits per heavy atom. The molecule has 1 atom stereocenters. The molecule has 2 aliphatic rings. The Morgan fingerprint density at radius 2 is 1.86 bits per heavy atom. The molecule has 1 amide bonds. The van der Waals surface area contributed by atoms with Gasteiger partial charge in [0.05, 0.1) is 23.7 Å². The quantitative estimate of drug-likeness (QED) is 0.755. The van der Waals surface area contributed by atoms with Crippen molar-refractivity contribution < 1.29 is 13.2 Å². The van der Waals surface area contributed by atoms with Gasteiger partial charge in [-0.05, 0) is 54.0 Å². The molecule has 2 heterocycles. The third-order valence-electron chi connectivity index (χ3n) is 5.78. The van der Waals surface area contributed by atoms with E-state index in [9.17, 15) is 13.2 Å². The third kappa shape index (κ3) is 4.75. The Morgan fingerprint density at radius 3 is 2.48 bits per heavy atom. The maximum absolute atomic E-state index is 13.1. The van der Waals surface area contributed by atoms with Crippen LogP contribution in [0.25, 0.3) is 5.69 Å². The van der Waals surface area contributed by atoms with Gasteiger partial charge in [0.1, 0.15) is 6.33 Å². The summed E-state index contributed by atoms with van der Waals surface area (Å²) >= 11 is 0. The van der Waals surface area contributed by atoms with Gasteiger partial charge in [0.25, 0.3) is 0 Å². The van der Waals surface area contributed by atoms with Crippen LogP contribution in [-0.2, 0) is 14.6 Å². The van der Waals surface area contributed by atoms with Gasteiger partial charge < -0.3 is 10.2 Å². The lowest BCUT2D eigenvalue weighted by Gasteiger charge is -2.38. The second-order valence-electron chi connectivity index (χ2n) is 7.80. The summed E-state index contributed by atoms with van der Waals surface area (Å²) in [5.41, 5.74) is 1.64. The average molecular weight is 419 g/mol. The maximum atomic E-state index is 13.1. The van der Waals surface area contributed by atoms with E-state index in [4.69, 9.17) is 0 Å². The first-order valence-corrected chi connectivity index (χ1v) is 11.9. The minimum absolute atomic E-state index is 0.0245. The normalized spacial score (nSPS) is 21.7. The first-order valence-electron chi connectivity index (χ1n) is 10.1. The van der Waals surface area contributed by atoms with E-state index in [1.165, 1.54) is 12.7 Å². The molecule has 1 saturated carbocycles. The van der Waals surface area contributed by atoms with Crippen LogP contribution in [0.4, 0.5) is 5.69 Å². The zero-order chi connectivity index (χ0) is 20.3. The fraction of sp³-hybridized carbons (Fsp3) is 0.579. The number of anilines is 1. The maximum Gasteiger partial charge on any atom is 0.242 e. The Bertz CT molecular complexity index is 923. The number of nitrogens with one attached hydrogen (secondary N) is 1. The number of carbonyl (C=O) groups is 1. The predicted octanol–water partition coefficient (Wildman–Crippen LogP) is 1.42. The summed E-state index contributed by atoms with van der Waals surface area (Å²) in [6.07, 6.45) is 7.37. The molecular weight excluding hydrogens is 392 g/mol. The summed E-state index contributed by atoms with van der Waals surface area (Å²) < 4.78 is 25.5. The molecule has 1 saturated heterocycles. The van der Waals surface area contributed by atoms with Gasteiger partial charge in [-0.1, -0.05) is 19.3 Å². The van der Waals surface area contributed by atoms with Crippen molar-refractivity contribution in [2.45, 2.75) is 50.6 Å². The third-order valence-corrected chi connectivity index (χ3v) is 7.53. The van der Waals surface area contributed by atoms with Crippen LogP contribution in [0.5, 0.6) is 0 Å². The molecular formula is C19H26N6O3S. The highest BCUT2D eigenvalue weighted by atomic mass is 32.2. The number of amides is 1. The van der Waals surface area contributed by atoms with E-state index in [1.54, 1.807) is 4.68 Å². The van der Waals surface area contributed by atoms with Gasteiger partial charge in [0, 0.05) is 17.8 Å². The van der Waals surface area contributed by atoms with E-state index in [0.29, 0.717) is 6.42 Å². The van der Waals surface area contributed by atoms with Crippen molar-refractivity contribution in [3.05, 3.63) is 30.6 Å². The molecule has 1 N–H and O–H groups in total. The molecule has 9 nitrogen and oxygen atoms in total. The van der Waals surface area contributed by atoms with Crippen LogP contribution in [0.3, 0.4) is 0 Å². The minimum Gasteiger partial charge on any atom is -0.376 e. The molecule has 2 fully saturated rings. The molecule has 1 aromatic heterocycles. The number of hydrogen-bond donors (Lipinski definition) is 1. The molecule has 4 rings (SSSR count). The first-order chi connectivity index (χ1) is 14.0. The molecule has 1 aromatic carbocycles. The molecule has 0 spiro atoms. The molecule has 2 aromatic rings. The average Bonchev–Trinajstić information content (AvgIpc) is 3.38. The fourth-order valence-corrected chi connectivity index (χ4v) is 6.05. The second-order valence-corrected chi connectivity index (χ2v) is 10.0. The lowest BCUT2D eigenvalue weighted by Crippen LogP contribution is -2.50. The fourth-order valence-electron chi connectivity index (χ4n) is 4.34. The van der Waals surface area contributed by atoms with Crippen LogP contribution < -0.4 is 5.32 Å². The Labute approximate surface area is 170 Å². The van der Waals surface area contributed by atoms with E-state index in [1.807, 2.05) is 29.2 Å². The van der Waals surface area contributed by atoms with E-state index in [2.05, 4.69) is 20.8 Å². The number of benzene rings is 1. The largest absolute Gasteiger partial charge is 0.376 e. The summed E-state index contributed by atoms with van der Waals surface area (Å²) in [6.45, 7) is 0.150. The smallest absolute Gasteiger partial charge is 0.242 e. The predicted molar refractivity (Wildman–Crippen MR) is 108 cm³/mol. The van der Waals surface area contributed by atoms with E-state index >= 15 is 0 Å². The van der Waals surface area contributed by atoms with Crippen molar-refractivity contribution >= 4 is 21.4 Å². The van der Waals surface area contributed by atoms with Gasteiger partial charge in [-0.3, -0.25) is 4.79 Å². The molecule has 1 aliphatic carbocycles. The molecule has 0 radical (unpaired) electrons. The van der Waals surface area contributed by atoms with E-state index in [-0.39, 0.29) is 36.0 Å². The lowest BCUT2D eigenvalue weighted by atomic mass is 9.93. The van der Waals surface area contributed by atoms with E-state index < -0.39 is 9.84 Å². The summed E-state index contributed by atoms with van der Waals surface area (Å²) in [7, 11) is -3.04. The number of aromatic nitrogens is 4. The number of rotatable bonds is 6. The van der Waals surface area contributed by atoms with Crippen LogP contribution in [0.15, 0.2) is 30.6 Å². The summed E-state index contributed by atoms with van der Waals surface area (Å²) in [6, 6.07) is 7.43. The number of hydrogen-bond acceptors (Lipinski definition) is 7. The van der Waals surface area contributed by atoms with Crippen molar-refractivity contribution in [1.29, 1.82) is 0 Å². The van der Waals surface area contributed by atoms with Crippen molar-refractivity contribution in [3.63, 3.8) is 0 Å². The van der Waals surface area contributed by atoms with Crippen molar-refractivity contribution in [2.75, 3.05) is 23.4 Å². The van der Waals surface area contributed by atoms with Crippen molar-refractivity contribution in [1.82, 2.24) is 25.1 Å². The summed E-state index contributed by atoms with van der Waals surface area (Å²) in [4.78, 5) is 15.0. The number of sulfone groups is 1. The number of carbonyl (C=O) groups excluding carboxylic acids is 1. The second kappa shape index (κ2) is 8.48. The minimum atomic E-state index is -3.04. The molecule has 10 heteroatoms. The van der Waals surface area contributed by atoms with E-state index in [0.717, 1.165) is 37.1 Å². The zero-order valence-corrected chi connectivity index (χ0v) is 17.1. The first kappa shape index (κ1) is 19.8. The molecule has 0 bridgehead atoms. The molecule has 1 aliphatic heterocycles. The molecule has 1 unspecified atom stereocenters. The highest BCUT2D eigenvalue weighted by molar-refractivity contribution is 7.91. The molecule has 156 valence electrons. The summed E-state index contributed by atoms with van der Waals surface area (Å²) in [5.74, 6) is 0.249. The highest BCUT2D eigenvalue weighted by Crippen LogP contribution is 2.28. The number of tetrazole rings is 1. The monoisotopic (exact) mass is 418 g/mol. The standard InChI is InChI=1S/C19H26N6O3S/c26-19(12-20-15-6-8-16(9-7-15)24-14-21-22-23-24)25(17-4-2-1-3-5-17)18-10-11-29(27,28)13-18/h6-9,14,17-18,20H,1-5,10-13H2. The molecule has 29 heavy (non-hydrogen) atoms. The van der Waals surface area contributed by atoms with Crippen molar-refractivity contribution in [2.24, 2.45) is 0 Å². The Kier molecular flexibility index (Phi) is 5.79. The van der Waals surface area contributed by atoms with Gasteiger partial charge >= 0.3 is 0 Å². The van der Waals surface area contributed by atoms with Crippen LogP contribution in [0.1, 0.15) is 38.5 Å². The summed E-state index contributed by atoms with van der Waals surface area (Å²) in [5, 5.41) is 14.3. The Balaban J connectivity index is 1.42. The van der Waals surface area contributed by atoms with Gasteiger partial charge in [-0.15, -0.1) is 5.10 Å². The SMILES string of the molecule is O=C(CNc1ccc(-n2cnnn2)cc1)N(C1CCCCC1)C1CCS(=O)(=O)C1. The lowest BCUT2D eigenvalue weighted by molar-refractivity contribution is -0.134. The van der Waals surface area contributed by atoms with Crippen LogP contribution in [0, 0.1) is 0 Å². The number of nitrogens with zero attached hydrogens (tertiary/aromatic N) is 5. The van der Waals surface area contributed by atoms with Crippen LogP contribution >= 0.6 is 0 Å². The Hall–Kier alpha value is -2.49. The zero-order valence-electron chi connectivity index (χ0n) is 16.3. The van der Waals surface area contributed by atoms with Crippen molar-refractivity contribution in [3.8, 4) is 5.69 Å². The van der Waals surface area contributed by atoms with Crippen LogP contribution in [-0.4, -0.2) is 69.6 Å². The van der Waals surface area contributed by atoms with Gasteiger partial charge in [0.15, 0.2) is 9.84 Å². The van der Waals surface area contributed by atoms with Gasteiger partial charge in [-0.2, -0.15) is 0 Å². The van der Waals surface area contributed by atoms with Gasteiger partial charge in [-0.25, -0.2) is 13.1 Å². The highest BCUT2D eigenvalue weighted by Gasteiger charge is 2.38.